The Kier molecular flexibility index (Phi) is 10.7. The van der Waals surface area contributed by atoms with Crippen LogP contribution in [0.25, 0.3) is 0 Å². The van der Waals surface area contributed by atoms with E-state index in [-0.39, 0.29) is 43.9 Å². The quantitative estimate of drug-likeness (QED) is 0.318. The molecule has 3 aromatic carbocycles. The van der Waals surface area contributed by atoms with Crippen molar-refractivity contribution in [3.8, 4) is 0 Å². The second-order valence-corrected chi connectivity index (χ2v) is 11.7. The molecule has 3 rings (SSSR count). The van der Waals surface area contributed by atoms with Gasteiger partial charge in [-0.25, -0.2) is 12.8 Å². The first-order valence-electron chi connectivity index (χ1n) is 12.2. The minimum absolute atomic E-state index is 0.0363. The van der Waals surface area contributed by atoms with Gasteiger partial charge >= 0.3 is 0 Å². The average Bonchev–Trinajstić information content (AvgIpc) is 2.90. The van der Waals surface area contributed by atoms with Gasteiger partial charge in [0.05, 0.1) is 11.9 Å². The fourth-order valence-electron chi connectivity index (χ4n) is 4.21. The zero-order chi connectivity index (χ0) is 28.6. The first-order valence-corrected chi connectivity index (χ1v) is 14.8. The van der Waals surface area contributed by atoms with Gasteiger partial charge in [0.15, 0.2) is 0 Å². The SMILES string of the molecule is CNC(=O)[C@H](Cc1ccccc1)N(Cc1c(Cl)cccc1Cl)C(=O)CCCN(c1ccccc1F)S(C)(=O)=O. The highest BCUT2D eigenvalue weighted by Crippen LogP contribution is 2.28. The molecule has 0 aromatic heterocycles. The molecule has 0 unspecified atom stereocenters. The Morgan fingerprint density at radius 3 is 2.15 bits per heavy atom. The molecule has 0 aliphatic carbocycles. The van der Waals surface area contributed by atoms with E-state index in [1.165, 1.54) is 36.2 Å². The van der Waals surface area contributed by atoms with Crippen LogP contribution in [0.1, 0.15) is 24.0 Å². The molecule has 1 atom stereocenters. The standard InChI is InChI=1S/C28H30Cl2FN3O4S/c1-32-28(36)26(18-20-10-4-3-5-11-20)33(19-21-22(29)12-8-13-23(21)30)27(35)16-9-17-34(39(2,37)38)25-15-7-6-14-24(25)31/h3-8,10-15,26H,9,16-19H2,1-2H3,(H,32,36)/t26-/m0/s1. The molecule has 11 heteroatoms. The zero-order valence-corrected chi connectivity index (χ0v) is 23.9. The lowest BCUT2D eigenvalue weighted by Crippen LogP contribution is -2.50. The molecule has 39 heavy (non-hydrogen) atoms. The molecule has 0 aliphatic heterocycles. The molecule has 0 radical (unpaired) electrons. The highest BCUT2D eigenvalue weighted by molar-refractivity contribution is 7.92. The second kappa shape index (κ2) is 13.8. The van der Waals surface area contributed by atoms with Crippen LogP contribution in [0.4, 0.5) is 10.1 Å². The van der Waals surface area contributed by atoms with Crippen molar-refractivity contribution in [1.29, 1.82) is 0 Å². The van der Waals surface area contributed by atoms with Crippen LogP contribution in [0, 0.1) is 5.82 Å². The summed E-state index contributed by atoms with van der Waals surface area (Å²) in [7, 11) is -2.33. The van der Waals surface area contributed by atoms with Crippen molar-refractivity contribution >= 4 is 50.7 Å². The number of nitrogens with one attached hydrogen (secondary N) is 1. The second-order valence-electron chi connectivity index (χ2n) is 8.93. The van der Waals surface area contributed by atoms with Gasteiger partial charge in [-0.1, -0.05) is 71.7 Å². The van der Waals surface area contributed by atoms with Gasteiger partial charge in [0.1, 0.15) is 11.9 Å². The van der Waals surface area contributed by atoms with Gasteiger partial charge in [0, 0.05) is 48.6 Å². The summed E-state index contributed by atoms with van der Waals surface area (Å²) in [5.74, 6) is -1.47. The van der Waals surface area contributed by atoms with E-state index in [9.17, 15) is 22.4 Å². The number of carbonyl (C=O) groups is 2. The highest BCUT2D eigenvalue weighted by Gasteiger charge is 2.31. The Labute approximate surface area is 238 Å². The van der Waals surface area contributed by atoms with Crippen LogP contribution >= 0.6 is 23.2 Å². The number of para-hydroxylation sites is 1. The summed E-state index contributed by atoms with van der Waals surface area (Å²) in [5.41, 5.74) is 1.23. The number of sulfonamides is 1. The van der Waals surface area contributed by atoms with Gasteiger partial charge in [-0.2, -0.15) is 0 Å². The smallest absolute Gasteiger partial charge is 0.242 e. The number of carbonyl (C=O) groups excluding carboxylic acids is 2. The third kappa shape index (κ3) is 8.17. The number of hydrogen-bond acceptors (Lipinski definition) is 4. The summed E-state index contributed by atoms with van der Waals surface area (Å²) in [4.78, 5) is 28.1. The van der Waals surface area contributed by atoms with Crippen LogP contribution in [-0.2, 0) is 32.6 Å². The number of likely N-dealkylation sites (N-methyl/N-ethyl adjacent to an activating group) is 1. The highest BCUT2D eigenvalue weighted by atomic mass is 35.5. The summed E-state index contributed by atoms with van der Waals surface area (Å²) in [5, 5.41) is 3.32. The van der Waals surface area contributed by atoms with Gasteiger partial charge in [-0.15, -0.1) is 0 Å². The predicted octanol–water partition coefficient (Wildman–Crippen LogP) is 5.06. The molecule has 0 bridgehead atoms. The van der Waals surface area contributed by atoms with Crippen LogP contribution in [0.15, 0.2) is 72.8 Å². The Balaban J connectivity index is 1.90. The molecule has 0 spiro atoms. The number of halogens is 3. The molecule has 3 aromatic rings. The van der Waals surface area contributed by atoms with Crippen LogP contribution < -0.4 is 9.62 Å². The van der Waals surface area contributed by atoms with E-state index in [1.807, 2.05) is 30.3 Å². The molecule has 2 amide bonds. The molecule has 0 aliphatic rings. The van der Waals surface area contributed by atoms with Crippen molar-refractivity contribution in [3.63, 3.8) is 0 Å². The summed E-state index contributed by atoms with van der Waals surface area (Å²) >= 11 is 12.8. The Morgan fingerprint density at radius 1 is 0.949 bits per heavy atom. The van der Waals surface area contributed by atoms with Crippen molar-refractivity contribution in [2.75, 3.05) is 24.2 Å². The lowest BCUT2D eigenvalue weighted by atomic mass is 10.0. The minimum atomic E-state index is -3.82. The maximum Gasteiger partial charge on any atom is 0.242 e. The number of hydrogen-bond donors (Lipinski definition) is 1. The maximum absolute atomic E-state index is 14.4. The van der Waals surface area contributed by atoms with E-state index in [0.29, 0.717) is 15.6 Å². The van der Waals surface area contributed by atoms with E-state index < -0.39 is 27.8 Å². The molecular weight excluding hydrogens is 564 g/mol. The third-order valence-corrected chi connectivity index (χ3v) is 8.07. The summed E-state index contributed by atoms with van der Waals surface area (Å²) < 4.78 is 40.2. The molecular formula is C28H30Cl2FN3O4S. The van der Waals surface area contributed by atoms with Crippen molar-refractivity contribution in [2.24, 2.45) is 0 Å². The molecule has 0 saturated heterocycles. The molecule has 0 heterocycles. The van der Waals surface area contributed by atoms with E-state index in [4.69, 9.17) is 23.2 Å². The fraction of sp³-hybridized carbons (Fsp3) is 0.286. The largest absolute Gasteiger partial charge is 0.357 e. The van der Waals surface area contributed by atoms with Crippen LogP contribution in [0.3, 0.4) is 0 Å². The Bertz CT molecular complexity index is 1390. The van der Waals surface area contributed by atoms with E-state index >= 15 is 0 Å². The third-order valence-electron chi connectivity index (χ3n) is 6.18. The van der Waals surface area contributed by atoms with Crippen LogP contribution in [0.2, 0.25) is 10.0 Å². The van der Waals surface area contributed by atoms with Gasteiger partial charge in [-0.3, -0.25) is 13.9 Å². The first-order chi connectivity index (χ1) is 18.5. The van der Waals surface area contributed by atoms with Gasteiger partial charge < -0.3 is 10.2 Å². The summed E-state index contributed by atoms with van der Waals surface area (Å²) in [6.45, 7) is -0.166. The minimum Gasteiger partial charge on any atom is -0.357 e. The monoisotopic (exact) mass is 593 g/mol. The Hall–Kier alpha value is -3.14. The molecule has 208 valence electrons. The van der Waals surface area contributed by atoms with E-state index in [2.05, 4.69) is 5.32 Å². The van der Waals surface area contributed by atoms with Gasteiger partial charge in [0.2, 0.25) is 21.8 Å². The topological polar surface area (TPSA) is 86.8 Å². The zero-order valence-electron chi connectivity index (χ0n) is 21.6. The van der Waals surface area contributed by atoms with Crippen LogP contribution in [0.5, 0.6) is 0 Å². The van der Waals surface area contributed by atoms with Crippen molar-refractivity contribution in [1.82, 2.24) is 10.2 Å². The number of anilines is 1. The summed E-state index contributed by atoms with van der Waals surface area (Å²) in [6, 6.07) is 18.9. The van der Waals surface area contributed by atoms with Crippen LogP contribution in [-0.4, -0.2) is 51.0 Å². The lowest BCUT2D eigenvalue weighted by molar-refractivity contribution is -0.141. The normalized spacial score (nSPS) is 12.0. The number of rotatable bonds is 12. The average molecular weight is 595 g/mol. The maximum atomic E-state index is 14.4. The molecule has 7 nitrogen and oxygen atoms in total. The van der Waals surface area contributed by atoms with Gasteiger partial charge in [0.25, 0.3) is 0 Å². The Morgan fingerprint density at radius 2 is 1.56 bits per heavy atom. The summed E-state index contributed by atoms with van der Waals surface area (Å²) in [6.07, 6.45) is 1.19. The molecule has 0 fully saturated rings. The number of amides is 2. The van der Waals surface area contributed by atoms with E-state index in [1.54, 1.807) is 18.2 Å². The first kappa shape index (κ1) is 30.4. The number of benzene rings is 3. The predicted molar refractivity (Wildman–Crippen MR) is 153 cm³/mol. The van der Waals surface area contributed by atoms with Crippen molar-refractivity contribution in [3.05, 3.63) is 99.8 Å². The van der Waals surface area contributed by atoms with Gasteiger partial charge in [-0.05, 0) is 36.2 Å². The number of nitrogens with zero attached hydrogens (tertiary/aromatic N) is 2. The van der Waals surface area contributed by atoms with Crippen molar-refractivity contribution < 1.29 is 22.4 Å². The molecule has 1 N–H and O–H groups in total. The molecule has 0 saturated carbocycles. The van der Waals surface area contributed by atoms with E-state index in [0.717, 1.165) is 16.1 Å². The van der Waals surface area contributed by atoms with Crippen molar-refractivity contribution in [2.45, 2.75) is 31.8 Å². The fourth-order valence-corrected chi connectivity index (χ4v) is 5.69. The lowest BCUT2D eigenvalue weighted by Gasteiger charge is -2.32.